The summed E-state index contributed by atoms with van der Waals surface area (Å²) < 4.78 is 36.0. The third kappa shape index (κ3) is 1.25. The SMILES string of the molecule is CN1NC(O)(C(F)(F)F)CC1=O. The molecule has 0 spiro atoms. The third-order valence-electron chi connectivity index (χ3n) is 1.60. The molecule has 1 heterocycles. The summed E-state index contributed by atoms with van der Waals surface area (Å²) in [7, 11) is 1.12. The highest BCUT2D eigenvalue weighted by Gasteiger charge is 2.59. The Hall–Kier alpha value is -0.820. The highest BCUT2D eigenvalue weighted by Crippen LogP contribution is 2.34. The van der Waals surface area contributed by atoms with E-state index in [1.165, 1.54) is 0 Å². The maximum absolute atomic E-state index is 12.0. The lowest BCUT2D eigenvalue weighted by atomic mass is 10.1. The second-order valence-corrected chi connectivity index (χ2v) is 2.60. The van der Waals surface area contributed by atoms with Gasteiger partial charge in [-0.25, -0.2) is 0 Å². The van der Waals surface area contributed by atoms with Crippen molar-refractivity contribution in [3.8, 4) is 0 Å². The molecule has 0 aromatic carbocycles. The minimum Gasteiger partial charge on any atom is -0.366 e. The monoisotopic (exact) mass is 184 g/mol. The summed E-state index contributed by atoms with van der Waals surface area (Å²) in [5.74, 6) is -0.796. The van der Waals surface area contributed by atoms with Crippen LogP contribution in [0, 0.1) is 0 Å². The highest BCUT2D eigenvalue weighted by molar-refractivity contribution is 5.78. The van der Waals surface area contributed by atoms with Crippen LogP contribution in [-0.2, 0) is 4.79 Å². The lowest BCUT2D eigenvalue weighted by molar-refractivity contribution is -0.272. The fourth-order valence-electron chi connectivity index (χ4n) is 0.880. The minimum absolute atomic E-state index is 0.619. The van der Waals surface area contributed by atoms with Gasteiger partial charge < -0.3 is 5.11 Å². The normalized spacial score (nSPS) is 31.4. The van der Waals surface area contributed by atoms with Gasteiger partial charge in [-0.05, 0) is 0 Å². The number of carbonyl (C=O) groups is 1. The number of nitrogens with zero attached hydrogens (tertiary/aromatic N) is 1. The van der Waals surface area contributed by atoms with Crippen molar-refractivity contribution in [2.75, 3.05) is 7.05 Å². The zero-order chi connectivity index (χ0) is 9.57. The van der Waals surface area contributed by atoms with Crippen molar-refractivity contribution in [2.45, 2.75) is 18.3 Å². The van der Waals surface area contributed by atoms with E-state index >= 15 is 0 Å². The van der Waals surface area contributed by atoms with E-state index in [-0.39, 0.29) is 0 Å². The van der Waals surface area contributed by atoms with Crippen molar-refractivity contribution in [2.24, 2.45) is 0 Å². The molecule has 0 bridgehead atoms. The van der Waals surface area contributed by atoms with Crippen LogP contribution in [0.3, 0.4) is 0 Å². The average Bonchev–Trinajstić information content (AvgIpc) is 2.06. The number of rotatable bonds is 0. The van der Waals surface area contributed by atoms with Crippen LogP contribution >= 0.6 is 0 Å². The number of halogens is 3. The van der Waals surface area contributed by atoms with E-state index in [1.807, 2.05) is 0 Å². The number of carbonyl (C=O) groups excluding carboxylic acids is 1. The lowest BCUT2D eigenvalue weighted by Gasteiger charge is -2.25. The van der Waals surface area contributed by atoms with Crippen molar-refractivity contribution in [1.82, 2.24) is 10.4 Å². The smallest absolute Gasteiger partial charge is 0.366 e. The predicted molar refractivity (Wildman–Crippen MR) is 31.5 cm³/mol. The standard InChI is InChI=1S/C5H7F3N2O2/c1-10-3(11)2-4(12,9-10)5(6,7)8/h9,12H,2H2,1H3. The first kappa shape index (κ1) is 9.27. The molecule has 1 aliphatic heterocycles. The van der Waals surface area contributed by atoms with E-state index in [9.17, 15) is 18.0 Å². The fourth-order valence-corrected chi connectivity index (χ4v) is 0.880. The van der Waals surface area contributed by atoms with Crippen LogP contribution in [0.15, 0.2) is 0 Å². The molecule has 1 amide bonds. The van der Waals surface area contributed by atoms with Gasteiger partial charge in [-0.15, -0.1) is 0 Å². The van der Waals surface area contributed by atoms with Crippen LogP contribution in [-0.4, -0.2) is 35.0 Å². The molecule has 12 heavy (non-hydrogen) atoms. The van der Waals surface area contributed by atoms with E-state index in [0.29, 0.717) is 5.01 Å². The van der Waals surface area contributed by atoms with E-state index in [4.69, 9.17) is 5.11 Å². The fraction of sp³-hybridized carbons (Fsp3) is 0.800. The molecule has 1 saturated heterocycles. The van der Waals surface area contributed by atoms with E-state index < -0.39 is 24.2 Å². The van der Waals surface area contributed by atoms with Crippen molar-refractivity contribution >= 4 is 5.91 Å². The van der Waals surface area contributed by atoms with Crippen LogP contribution in [0.5, 0.6) is 0 Å². The van der Waals surface area contributed by atoms with Gasteiger partial charge >= 0.3 is 6.18 Å². The van der Waals surface area contributed by atoms with Gasteiger partial charge in [-0.3, -0.25) is 9.80 Å². The summed E-state index contributed by atoms with van der Waals surface area (Å²) in [6.07, 6.45) is -5.82. The number of nitrogens with one attached hydrogen (secondary N) is 1. The van der Waals surface area contributed by atoms with Gasteiger partial charge in [0.2, 0.25) is 11.6 Å². The number of hydrazine groups is 1. The Balaban J connectivity index is 2.84. The molecular formula is C5H7F3N2O2. The molecule has 1 aliphatic rings. The van der Waals surface area contributed by atoms with Gasteiger partial charge in [0.05, 0.1) is 6.42 Å². The summed E-state index contributed by atoms with van der Waals surface area (Å²) in [6, 6.07) is 0. The maximum atomic E-state index is 12.0. The zero-order valence-electron chi connectivity index (χ0n) is 6.14. The summed E-state index contributed by atoms with van der Waals surface area (Å²) >= 11 is 0. The maximum Gasteiger partial charge on any atom is 0.433 e. The summed E-state index contributed by atoms with van der Waals surface area (Å²) in [5, 5.41) is 9.49. The van der Waals surface area contributed by atoms with Gasteiger partial charge in [-0.1, -0.05) is 0 Å². The molecule has 0 aromatic rings. The highest BCUT2D eigenvalue weighted by atomic mass is 19.4. The number of amides is 1. The van der Waals surface area contributed by atoms with Crippen LogP contribution in [0.4, 0.5) is 13.2 Å². The Labute approximate surface area is 65.9 Å². The van der Waals surface area contributed by atoms with Gasteiger partial charge in [0.15, 0.2) is 0 Å². The van der Waals surface area contributed by atoms with Crippen molar-refractivity contribution in [1.29, 1.82) is 0 Å². The molecule has 0 aromatic heterocycles. The summed E-state index contributed by atoms with van der Waals surface area (Å²) in [5.41, 5.74) is -1.46. The number of alkyl halides is 3. The molecule has 1 atom stereocenters. The Morgan fingerprint density at radius 2 is 2.17 bits per heavy atom. The molecule has 0 radical (unpaired) electrons. The second-order valence-electron chi connectivity index (χ2n) is 2.60. The Kier molecular flexibility index (Phi) is 1.80. The molecule has 2 N–H and O–H groups in total. The molecule has 1 unspecified atom stereocenters. The van der Waals surface area contributed by atoms with E-state index in [2.05, 4.69) is 0 Å². The van der Waals surface area contributed by atoms with Gasteiger partial charge in [-0.2, -0.15) is 18.6 Å². The number of aliphatic hydroxyl groups is 1. The van der Waals surface area contributed by atoms with E-state index in [1.54, 1.807) is 5.43 Å². The van der Waals surface area contributed by atoms with Crippen molar-refractivity contribution < 1.29 is 23.1 Å². The Bertz CT molecular complexity index is 217. The van der Waals surface area contributed by atoms with Crippen LogP contribution in [0.25, 0.3) is 0 Å². The molecule has 4 nitrogen and oxygen atoms in total. The van der Waals surface area contributed by atoms with Crippen LogP contribution < -0.4 is 5.43 Å². The molecular weight excluding hydrogens is 177 g/mol. The molecule has 1 fully saturated rings. The first-order chi connectivity index (χ1) is 5.26. The van der Waals surface area contributed by atoms with Crippen molar-refractivity contribution in [3.63, 3.8) is 0 Å². The van der Waals surface area contributed by atoms with Gasteiger partial charge in [0.25, 0.3) is 0 Å². The Morgan fingerprint density at radius 3 is 2.33 bits per heavy atom. The van der Waals surface area contributed by atoms with Crippen LogP contribution in [0.2, 0.25) is 0 Å². The largest absolute Gasteiger partial charge is 0.433 e. The van der Waals surface area contributed by atoms with Crippen LogP contribution in [0.1, 0.15) is 6.42 Å². The lowest BCUT2D eigenvalue weighted by Crippen LogP contribution is -2.55. The second kappa shape index (κ2) is 2.33. The zero-order valence-corrected chi connectivity index (χ0v) is 6.14. The summed E-state index contributed by atoms with van der Waals surface area (Å²) in [4.78, 5) is 10.6. The topological polar surface area (TPSA) is 52.6 Å². The first-order valence-corrected chi connectivity index (χ1v) is 3.10. The quantitative estimate of drug-likeness (QED) is 0.538. The molecule has 7 heteroatoms. The molecule has 1 rings (SSSR count). The number of hydrogen-bond donors (Lipinski definition) is 2. The number of hydrogen-bond acceptors (Lipinski definition) is 3. The summed E-state index contributed by atoms with van der Waals surface area (Å²) in [6.45, 7) is 0. The third-order valence-corrected chi connectivity index (χ3v) is 1.60. The predicted octanol–water partition coefficient (Wildman–Crippen LogP) is -0.396. The van der Waals surface area contributed by atoms with Gasteiger partial charge in [0, 0.05) is 7.05 Å². The van der Waals surface area contributed by atoms with E-state index in [0.717, 1.165) is 7.05 Å². The average molecular weight is 184 g/mol. The molecule has 70 valence electrons. The van der Waals surface area contributed by atoms with Crippen molar-refractivity contribution in [3.05, 3.63) is 0 Å². The van der Waals surface area contributed by atoms with Gasteiger partial charge in [0.1, 0.15) is 0 Å². The first-order valence-electron chi connectivity index (χ1n) is 3.10. The molecule has 0 aliphatic carbocycles. The minimum atomic E-state index is -4.84. The Morgan fingerprint density at radius 1 is 1.67 bits per heavy atom. The molecule has 0 saturated carbocycles.